The van der Waals surface area contributed by atoms with Crippen molar-refractivity contribution in [1.29, 1.82) is 0 Å². The van der Waals surface area contributed by atoms with Crippen LogP contribution < -0.4 is 33.8 Å². The number of fused-ring (bicyclic) bond motifs is 1. The molecule has 0 saturated carbocycles. The van der Waals surface area contributed by atoms with Gasteiger partial charge in [-0.1, -0.05) is 24.3 Å². The van der Waals surface area contributed by atoms with Crippen LogP contribution in [-0.2, 0) is 20.0 Å². The third kappa shape index (κ3) is 7.90. The second-order valence-corrected chi connectivity index (χ2v) is 6.98. The van der Waals surface area contributed by atoms with Crippen LogP contribution in [-0.4, -0.2) is 6.03 Å². The van der Waals surface area contributed by atoms with Crippen molar-refractivity contribution in [1.82, 2.24) is 10.6 Å². The van der Waals surface area contributed by atoms with E-state index in [1.807, 2.05) is 42.2 Å². The van der Waals surface area contributed by atoms with Crippen LogP contribution in [0.15, 0.2) is 48.8 Å². The zero-order chi connectivity index (χ0) is 19.9. The van der Waals surface area contributed by atoms with E-state index in [2.05, 4.69) is 28.8 Å². The molecular weight excluding hydrogens is 374 g/mol. The van der Waals surface area contributed by atoms with E-state index < -0.39 is 10.2 Å². The number of hydrogen-bond donors (Lipinski definition) is 2. The summed E-state index contributed by atoms with van der Waals surface area (Å²) in [4.78, 5) is 12.1. The van der Waals surface area contributed by atoms with E-state index in [1.54, 1.807) is 0 Å². The van der Waals surface area contributed by atoms with E-state index in [1.165, 1.54) is 11.1 Å². The quantitative estimate of drug-likeness (QED) is 0.559. The zero-order valence-corrected chi connectivity index (χ0v) is 15.6. The molecule has 3 rings (SSSR count). The normalized spacial score (nSPS) is 15.8. The second-order valence-electron chi connectivity index (χ2n) is 6.22. The molecule has 0 spiro atoms. The molecule has 1 aliphatic rings. The highest BCUT2D eigenvalue weighted by Crippen LogP contribution is 2.29. The maximum Gasteiger partial charge on any atom is 0.315 e. The summed E-state index contributed by atoms with van der Waals surface area (Å²) in [5, 5.41) is 6.04. The summed E-state index contributed by atoms with van der Waals surface area (Å²) >= 11 is 0. The Labute approximate surface area is 159 Å². The van der Waals surface area contributed by atoms with Crippen LogP contribution in [0.2, 0.25) is 0 Å². The van der Waals surface area contributed by atoms with Crippen molar-refractivity contribution in [2.24, 2.45) is 7.05 Å². The van der Waals surface area contributed by atoms with Crippen LogP contribution in [0.3, 0.4) is 0 Å². The first kappa shape index (κ1) is 21.1. The lowest BCUT2D eigenvalue weighted by molar-refractivity contribution is -2.00. The molecule has 2 aromatic rings. The summed E-state index contributed by atoms with van der Waals surface area (Å²) in [6.07, 6.45) is 7.19. The molecule has 1 atom stereocenters. The van der Waals surface area contributed by atoms with Crippen molar-refractivity contribution in [2.75, 3.05) is 0 Å². The summed E-state index contributed by atoms with van der Waals surface area (Å²) in [6.45, 7) is 0.543. The number of halogens is 1. The van der Waals surface area contributed by atoms with Crippen molar-refractivity contribution in [3.63, 3.8) is 0 Å². The van der Waals surface area contributed by atoms with Crippen LogP contribution >= 0.6 is 0 Å². The van der Waals surface area contributed by atoms with E-state index in [4.69, 9.17) is 18.6 Å². The maximum atomic E-state index is 12.1. The lowest BCUT2D eigenvalue weighted by Crippen LogP contribution is -2.68. The molecule has 146 valence electrons. The predicted octanol–water partition coefficient (Wildman–Crippen LogP) is -2.37. The first-order valence-electron chi connectivity index (χ1n) is 8.40. The van der Waals surface area contributed by atoms with Crippen LogP contribution in [0, 0.1) is 10.2 Å². The minimum absolute atomic E-state index is 0.102. The van der Waals surface area contributed by atoms with Crippen LogP contribution in [0.5, 0.6) is 0 Å². The zero-order valence-electron chi connectivity index (χ0n) is 14.9. The summed E-state index contributed by atoms with van der Waals surface area (Å²) in [7, 11) is -2.97. The number of pyridine rings is 1. The number of benzene rings is 1. The Kier molecular flexibility index (Phi) is 7.52. The highest BCUT2D eigenvalue weighted by atomic mass is 35.7. The fourth-order valence-electron chi connectivity index (χ4n) is 2.95. The number of hydrogen-bond acceptors (Lipinski definition) is 5. The van der Waals surface area contributed by atoms with Gasteiger partial charge in [0.25, 0.3) is 0 Å². The van der Waals surface area contributed by atoms with Gasteiger partial charge in [0.15, 0.2) is 12.4 Å². The first-order valence-corrected chi connectivity index (χ1v) is 9.64. The van der Waals surface area contributed by atoms with Gasteiger partial charge in [-0.15, -0.1) is 10.2 Å². The molecule has 1 unspecified atom stereocenters. The highest BCUT2D eigenvalue weighted by molar-refractivity contribution is 5.74. The Morgan fingerprint density at radius 2 is 1.78 bits per heavy atom. The number of carbonyl (C=O) groups is 1. The molecular formula is C18H22ClN3O5. The second kappa shape index (κ2) is 9.63. The number of urea groups is 1. The standard InChI is InChI=1S/C18H21N3O.ClHO4/c1-21-11-9-14(10-12-21)13-19-18(22)20-17-8-4-6-15-5-2-3-7-16(15)17;2-1(3,4)5/h2-3,5,7,9-12,17H,4,6,8,13H2,1H3,(H-,19,20,22);(H,2,3,4,5). The monoisotopic (exact) mass is 395 g/mol. The smallest absolute Gasteiger partial charge is 0.315 e. The molecule has 0 fully saturated rings. The van der Waals surface area contributed by atoms with Gasteiger partial charge >= 0.3 is 6.03 Å². The summed E-state index contributed by atoms with van der Waals surface area (Å²) in [5.74, 6) is 0. The van der Waals surface area contributed by atoms with Crippen LogP contribution in [0.25, 0.3) is 0 Å². The van der Waals surface area contributed by atoms with Gasteiger partial charge in [-0.05, 0) is 36.0 Å². The average molecular weight is 396 g/mol. The van der Waals surface area contributed by atoms with E-state index in [9.17, 15) is 4.79 Å². The van der Waals surface area contributed by atoms with Crippen LogP contribution in [0.1, 0.15) is 35.6 Å². The Bertz CT molecular complexity index is 743. The minimum Gasteiger partial charge on any atom is -0.334 e. The van der Waals surface area contributed by atoms with Gasteiger partial charge in [0.1, 0.15) is 7.05 Å². The number of nitrogens with zero attached hydrogens (tertiary/aromatic N) is 1. The molecule has 0 aliphatic heterocycles. The molecule has 2 amide bonds. The van der Waals surface area contributed by atoms with Gasteiger partial charge in [-0.25, -0.2) is 28.0 Å². The summed E-state index contributed by atoms with van der Waals surface area (Å²) in [6, 6.07) is 12.4. The molecule has 1 heterocycles. The number of carbonyl (C=O) groups excluding carboxylic acids is 1. The van der Waals surface area contributed by atoms with Gasteiger partial charge in [0.05, 0.1) is 6.04 Å². The minimum atomic E-state index is -4.94. The van der Waals surface area contributed by atoms with Gasteiger partial charge in [0.2, 0.25) is 0 Å². The predicted molar refractivity (Wildman–Crippen MR) is 85.1 cm³/mol. The molecule has 1 aliphatic carbocycles. The molecule has 0 saturated heterocycles. The van der Waals surface area contributed by atoms with Gasteiger partial charge in [-0.3, -0.25) is 0 Å². The fourth-order valence-corrected chi connectivity index (χ4v) is 2.95. The molecule has 9 heteroatoms. The van der Waals surface area contributed by atoms with Crippen molar-refractivity contribution >= 4 is 6.03 Å². The Hall–Kier alpha value is -2.23. The Morgan fingerprint density at radius 3 is 2.44 bits per heavy atom. The summed E-state index contributed by atoms with van der Waals surface area (Å²) in [5.41, 5.74) is 3.71. The Morgan fingerprint density at radius 1 is 1.15 bits per heavy atom. The lowest BCUT2D eigenvalue weighted by Gasteiger charge is -2.26. The van der Waals surface area contributed by atoms with Gasteiger partial charge in [0, 0.05) is 18.7 Å². The number of rotatable bonds is 3. The van der Waals surface area contributed by atoms with Crippen molar-refractivity contribution in [3.05, 3.63) is 65.5 Å². The SMILES string of the molecule is C[n+]1ccc(CNC(=O)NC2CCCc3ccccc32)cc1.[O-][Cl+3]([O-])([O-])[O-]. The van der Waals surface area contributed by atoms with Crippen LogP contribution in [0.4, 0.5) is 4.79 Å². The Balaban J connectivity index is 0.000000465. The molecule has 1 aromatic heterocycles. The van der Waals surface area contributed by atoms with Crippen molar-refractivity contribution < 1.29 is 38.2 Å². The molecule has 27 heavy (non-hydrogen) atoms. The molecule has 2 N–H and O–H groups in total. The van der Waals surface area contributed by atoms with Crippen molar-refractivity contribution in [3.8, 4) is 0 Å². The number of aromatic nitrogens is 1. The van der Waals surface area contributed by atoms with E-state index in [0.29, 0.717) is 6.54 Å². The third-order valence-electron chi connectivity index (χ3n) is 4.18. The molecule has 0 bridgehead atoms. The number of amides is 2. The number of nitrogens with one attached hydrogen (secondary N) is 2. The number of aryl methyl sites for hydroxylation is 2. The average Bonchev–Trinajstić information content (AvgIpc) is 2.60. The highest BCUT2D eigenvalue weighted by Gasteiger charge is 2.21. The van der Waals surface area contributed by atoms with E-state index in [-0.39, 0.29) is 12.1 Å². The fraction of sp³-hybridized carbons (Fsp3) is 0.333. The molecule has 0 radical (unpaired) electrons. The van der Waals surface area contributed by atoms with E-state index in [0.717, 1.165) is 24.8 Å². The third-order valence-corrected chi connectivity index (χ3v) is 4.18. The summed E-state index contributed by atoms with van der Waals surface area (Å²) < 4.78 is 35.9. The van der Waals surface area contributed by atoms with Gasteiger partial charge in [-0.2, -0.15) is 0 Å². The molecule has 1 aromatic carbocycles. The first-order chi connectivity index (χ1) is 12.7. The van der Waals surface area contributed by atoms with Crippen molar-refractivity contribution in [2.45, 2.75) is 31.8 Å². The lowest BCUT2D eigenvalue weighted by atomic mass is 9.88. The van der Waals surface area contributed by atoms with E-state index >= 15 is 0 Å². The topological polar surface area (TPSA) is 137 Å². The molecule has 8 nitrogen and oxygen atoms in total. The largest absolute Gasteiger partial charge is 0.334 e. The maximum absolute atomic E-state index is 12.1. The van der Waals surface area contributed by atoms with Gasteiger partial charge < -0.3 is 10.6 Å².